The largest absolute Gasteiger partial charge is 0.486 e. The molecule has 7 heteroatoms. The van der Waals surface area contributed by atoms with E-state index in [1.54, 1.807) is 0 Å². The summed E-state index contributed by atoms with van der Waals surface area (Å²) in [5.41, 5.74) is 5.91. The number of carbonyl (C=O) groups is 2. The van der Waals surface area contributed by atoms with Gasteiger partial charge in [-0.05, 0) is 17.7 Å². The molecular weight excluding hydrogens is 298 g/mol. The summed E-state index contributed by atoms with van der Waals surface area (Å²) in [7, 11) is 0. The molecule has 0 aliphatic carbocycles. The Hall–Kier alpha value is -2.28. The van der Waals surface area contributed by atoms with Crippen molar-refractivity contribution in [1.82, 2.24) is 10.6 Å². The number of amides is 2. The van der Waals surface area contributed by atoms with Crippen LogP contribution in [0.15, 0.2) is 18.2 Å². The van der Waals surface area contributed by atoms with Crippen LogP contribution in [0.5, 0.6) is 11.5 Å². The van der Waals surface area contributed by atoms with Gasteiger partial charge in [0.25, 0.3) is 0 Å². The minimum absolute atomic E-state index is 0.0761. The molecule has 4 N–H and O–H groups in total. The van der Waals surface area contributed by atoms with Gasteiger partial charge in [0.15, 0.2) is 11.5 Å². The lowest BCUT2D eigenvalue weighted by molar-refractivity contribution is -0.125. The summed E-state index contributed by atoms with van der Waals surface area (Å²) in [5.74, 6) is 0.858. The lowest BCUT2D eigenvalue weighted by atomic mass is 9.84. The predicted molar refractivity (Wildman–Crippen MR) is 85.5 cm³/mol. The second-order valence-electron chi connectivity index (χ2n) is 6.00. The van der Waals surface area contributed by atoms with Crippen LogP contribution in [0, 0.1) is 0 Å². The molecule has 7 nitrogen and oxygen atoms in total. The average Bonchev–Trinajstić information content (AvgIpc) is 2.57. The lowest BCUT2D eigenvalue weighted by Crippen LogP contribution is -2.43. The Morgan fingerprint density at radius 1 is 1.13 bits per heavy atom. The van der Waals surface area contributed by atoms with E-state index in [2.05, 4.69) is 10.6 Å². The van der Waals surface area contributed by atoms with Gasteiger partial charge >= 0.3 is 0 Å². The van der Waals surface area contributed by atoms with E-state index in [4.69, 9.17) is 15.2 Å². The van der Waals surface area contributed by atoms with Crippen molar-refractivity contribution in [3.05, 3.63) is 23.8 Å². The Balaban J connectivity index is 1.93. The third-order valence-corrected chi connectivity index (χ3v) is 3.68. The van der Waals surface area contributed by atoms with Gasteiger partial charge in [0.2, 0.25) is 11.8 Å². The summed E-state index contributed by atoms with van der Waals surface area (Å²) in [6.45, 7) is 5.37. The molecule has 0 atom stereocenters. The van der Waals surface area contributed by atoms with Crippen molar-refractivity contribution in [1.29, 1.82) is 0 Å². The highest BCUT2D eigenvalue weighted by atomic mass is 16.6. The standard InChI is InChI=1S/C16H23N3O4/c1-16(2,10-19-15(21)9-18-14(20)8-17)11-3-4-12-13(7-11)23-6-5-22-12/h3-4,7H,5-6,8-10,17H2,1-2H3,(H,18,20)(H,19,21). The molecule has 0 saturated heterocycles. The zero-order valence-corrected chi connectivity index (χ0v) is 13.5. The SMILES string of the molecule is CC(C)(CNC(=O)CNC(=O)CN)c1ccc2c(c1)OCCO2. The van der Waals surface area contributed by atoms with Crippen molar-refractivity contribution < 1.29 is 19.1 Å². The van der Waals surface area contributed by atoms with Gasteiger partial charge in [0, 0.05) is 12.0 Å². The first-order valence-corrected chi connectivity index (χ1v) is 7.56. The molecule has 0 saturated carbocycles. The molecule has 0 unspecified atom stereocenters. The fraction of sp³-hybridized carbons (Fsp3) is 0.500. The van der Waals surface area contributed by atoms with E-state index in [-0.39, 0.29) is 30.3 Å². The first kappa shape index (κ1) is 17.1. The van der Waals surface area contributed by atoms with Crippen LogP contribution in [-0.2, 0) is 15.0 Å². The number of hydrogen-bond donors (Lipinski definition) is 3. The monoisotopic (exact) mass is 321 g/mol. The van der Waals surface area contributed by atoms with Crippen LogP contribution < -0.4 is 25.8 Å². The van der Waals surface area contributed by atoms with E-state index in [1.807, 2.05) is 32.0 Å². The van der Waals surface area contributed by atoms with Crippen LogP contribution in [0.25, 0.3) is 0 Å². The number of fused-ring (bicyclic) bond motifs is 1. The molecule has 2 amide bonds. The molecule has 1 aliphatic heterocycles. The summed E-state index contributed by atoms with van der Waals surface area (Å²) in [6.07, 6.45) is 0. The van der Waals surface area contributed by atoms with Gasteiger partial charge in [-0.2, -0.15) is 0 Å². The van der Waals surface area contributed by atoms with Gasteiger partial charge in [0.05, 0.1) is 13.1 Å². The van der Waals surface area contributed by atoms with Gasteiger partial charge in [-0.1, -0.05) is 19.9 Å². The van der Waals surface area contributed by atoms with Crippen molar-refractivity contribution in [3.63, 3.8) is 0 Å². The number of nitrogens with two attached hydrogens (primary N) is 1. The maximum Gasteiger partial charge on any atom is 0.239 e. The average molecular weight is 321 g/mol. The van der Waals surface area contributed by atoms with Crippen molar-refractivity contribution in [2.45, 2.75) is 19.3 Å². The van der Waals surface area contributed by atoms with Crippen molar-refractivity contribution in [2.75, 3.05) is 32.8 Å². The Kier molecular flexibility index (Phi) is 5.44. The highest BCUT2D eigenvalue weighted by molar-refractivity contribution is 5.85. The number of nitrogens with one attached hydrogen (secondary N) is 2. The maximum atomic E-state index is 11.8. The quantitative estimate of drug-likeness (QED) is 0.680. The number of carbonyl (C=O) groups excluding carboxylic acids is 2. The first-order chi connectivity index (χ1) is 10.9. The number of rotatable bonds is 6. The molecule has 0 bridgehead atoms. The van der Waals surface area contributed by atoms with Crippen molar-refractivity contribution in [3.8, 4) is 11.5 Å². The minimum Gasteiger partial charge on any atom is -0.486 e. The van der Waals surface area contributed by atoms with Crippen LogP contribution >= 0.6 is 0 Å². The Morgan fingerprint density at radius 3 is 2.52 bits per heavy atom. The molecule has 1 aromatic carbocycles. The van der Waals surface area contributed by atoms with Crippen LogP contribution in [-0.4, -0.2) is 44.7 Å². The first-order valence-electron chi connectivity index (χ1n) is 7.56. The summed E-state index contributed by atoms with van der Waals surface area (Å²) < 4.78 is 11.1. The number of hydrogen-bond acceptors (Lipinski definition) is 5. The molecule has 0 spiro atoms. The maximum absolute atomic E-state index is 11.8. The van der Waals surface area contributed by atoms with E-state index >= 15 is 0 Å². The molecule has 23 heavy (non-hydrogen) atoms. The lowest BCUT2D eigenvalue weighted by Gasteiger charge is -2.27. The van der Waals surface area contributed by atoms with E-state index in [9.17, 15) is 9.59 Å². The minimum atomic E-state index is -0.355. The Morgan fingerprint density at radius 2 is 1.83 bits per heavy atom. The van der Waals surface area contributed by atoms with E-state index in [0.29, 0.717) is 19.8 Å². The normalized spacial score (nSPS) is 13.3. The topological polar surface area (TPSA) is 103 Å². The molecule has 2 rings (SSSR count). The van der Waals surface area contributed by atoms with Gasteiger partial charge in [-0.15, -0.1) is 0 Å². The van der Waals surface area contributed by atoms with Gasteiger partial charge in [-0.25, -0.2) is 0 Å². The molecule has 0 radical (unpaired) electrons. The third kappa shape index (κ3) is 4.59. The number of ether oxygens (including phenoxy) is 2. The molecule has 126 valence electrons. The van der Waals surface area contributed by atoms with Crippen molar-refractivity contribution >= 4 is 11.8 Å². The summed E-state index contributed by atoms with van der Waals surface area (Å²) in [5, 5.41) is 5.25. The van der Waals surface area contributed by atoms with Crippen LogP contribution in [0.2, 0.25) is 0 Å². The smallest absolute Gasteiger partial charge is 0.239 e. The predicted octanol–water partition coefficient (Wildman–Crippen LogP) is -0.0735. The summed E-state index contributed by atoms with van der Waals surface area (Å²) in [4.78, 5) is 22.8. The Bertz CT molecular complexity index is 587. The summed E-state index contributed by atoms with van der Waals surface area (Å²) >= 11 is 0. The highest BCUT2D eigenvalue weighted by Gasteiger charge is 2.24. The fourth-order valence-corrected chi connectivity index (χ4v) is 2.20. The van der Waals surface area contributed by atoms with Crippen LogP contribution in [0.4, 0.5) is 0 Å². The molecule has 0 aromatic heterocycles. The van der Waals surface area contributed by atoms with Gasteiger partial charge < -0.3 is 25.8 Å². The van der Waals surface area contributed by atoms with E-state index < -0.39 is 0 Å². The zero-order chi connectivity index (χ0) is 16.9. The van der Waals surface area contributed by atoms with Gasteiger partial charge in [-0.3, -0.25) is 9.59 Å². The van der Waals surface area contributed by atoms with Gasteiger partial charge in [0.1, 0.15) is 13.2 Å². The fourth-order valence-electron chi connectivity index (χ4n) is 2.20. The van der Waals surface area contributed by atoms with Crippen LogP contribution in [0.1, 0.15) is 19.4 Å². The third-order valence-electron chi connectivity index (χ3n) is 3.68. The molecule has 1 heterocycles. The Labute approximate surface area is 135 Å². The number of benzene rings is 1. The van der Waals surface area contributed by atoms with E-state index in [0.717, 1.165) is 17.1 Å². The second kappa shape index (κ2) is 7.32. The highest BCUT2D eigenvalue weighted by Crippen LogP contribution is 2.34. The molecule has 0 fully saturated rings. The second-order valence-corrected chi connectivity index (χ2v) is 6.00. The summed E-state index contributed by atoms with van der Waals surface area (Å²) in [6, 6.07) is 5.79. The molecule has 1 aromatic rings. The van der Waals surface area contributed by atoms with Crippen LogP contribution in [0.3, 0.4) is 0 Å². The molecule has 1 aliphatic rings. The molecular formula is C16H23N3O4. The zero-order valence-electron chi connectivity index (χ0n) is 13.5. The van der Waals surface area contributed by atoms with Crippen molar-refractivity contribution in [2.24, 2.45) is 5.73 Å². The van der Waals surface area contributed by atoms with E-state index in [1.165, 1.54) is 0 Å².